The number of benzene rings is 2. The maximum Gasteiger partial charge on any atom is 0.303 e. The van der Waals surface area contributed by atoms with Crippen molar-refractivity contribution >= 4 is 57.9 Å². The van der Waals surface area contributed by atoms with Gasteiger partial charge in [-0.3, -0.25) is 24.1 Å². The smallest absolute Gasteiger partial charge is 0.303 e. The van der Waals surface area contributed by atoms with Crippen LogP contribution in [0, 0.1) is 5.82 Å². The number of carbonyl (C=O) groups excluding carboxylic acids is 4. The lowest BCUT2D eigenvalue weighted by molar-refractivity contribution is -0.308. The molecule has 1 unspecified atom stereocenters. The minimum atomic E-state index is -1.35. The van der Waals surface area contributed by atoms with Crippen molar-refractivity contribution in [1.29, 1.82) is 0 Å². The number of morpholine rings is 1. The molecule has 17 nitrogen and oxygen atoms in total. The second-order valence-corrected chi connectivity index (χ2v) is 13.5. The Labute approximate surface area is 333 Å². The highest BCUT2D eigenvalue weighted by Gasteiger charge is 2.52. The van der Waals surface area contributed by atoms with Crippen molar-refractivity contribution in [2.24, 2.45) is 0 Å². The van der Waals surface area contributed by atoms with E-state index in [1.807, 2.05) is 0 Å². The number of anilines is 2. The van der Waals surface area contributed by atoms with E-state index in [1.54, 1.807) is 18.2 Å². The second kappa shape index (κ2) is 21.0. The molecule has 2 saturated heterocycles. The van der Waals surface area contributed by atoms with Gasteiger partial charge < -0.3 is 47.9 Å². The molecule has 2 fully saturated rings. The minimum Gasteiger partial charge on any atom is -0.490 e. The van der Waals surface area contributed by atoms with E-state index in [-0.39, 0.29) is 31.3 Å². The first-order chi connectivity index (χ1) is 27.4. The molecule has 2 aromatic carbocycles. The van der Waals surface area contributed by atoms with Crippen molar-refractivity contribution in [2.75, 3.05) is 64.6 Å². The molecule has 0 amide bonds. The summed E-state index contributed by atoms with van der Waals surface area (Å²) in [5, 5.41) is 3.73. The molecule has 0 bridgehead atoms. The molecule has 2 aliphatic heterocycles. The SMILES string of the molecule is CC(=O)OC[C@H]1OC(OCCCOc2cc3ncnc(Nc4ccc(F)c(Cl)c4)c3cc2OCCCN2CCOCC2)[C@H](OC(C)=O)[C@@H](OC(C)=O)[C@@H]1OC(C)=O. The summed E-state index contributed by atoms with van der Waals surface area (Å²) in [6, 6.07) is 7.73. The van der Waals surface area contributed by atoms with Gasteiger partial charge >= 0.3 is 23.9 Å². The van der Waals surface area contributed by atoms with Crippen molar-refractivity contribution < 1.29 is 66.2 Å². The van der Waals surface area contributed by atoms with Crippen molar-refractivity contribution in [3.05, 3.63) is 47.5 Å². The molecule has 57 heavy (non-hydrogen) atoms. The van der Waals surface area contributed by atoms with E-state index in [0.29, 0.717) is 53.7 Å². The lowest BCUT2D eigenvalue weighted by Crippen LogP contribution is -2.63. The summed E-state index contributed by atoms with van der Waals surface area (Å²) in [4.78, 5) is 59.1. The molecule has 0 spiro atoms. The minimum absolute atomic E-state index is 0.00642. The first kappa shape index (κ1) is 43.2. The number of hydrogen-bond acceptors (Lipinski definition) is 17. The normalized spacial score (nSPS) is 21.0. The third kappa shape index (κ3) is 12.8. The van der Waals surface area contributed by atoms with Gasteiger partial charge in [-0.25, -0.2) is 14.4 Å². The van der Waals surface area contributed by atoms with E-state index >= 15 is 0 Å². The summed E-state index contributed by atoms with van der Waals surface area (Å²) in [6.07, 6.45) is -4.07. The van der Waals surface area contributed by atoms with Gasteiger partial charge in [0.1, 0.15) is 30.7 Å². The van der Waals surface area contributed by atoms with Crippen LogP contribution in [0.4, 0.5) is 15.9 Å². The van der Waals surface area contributed by atoms with Crippen LogP contribution >= 0.6 is 11.6 Å². The van der Waals surface area contributed by atoms with Crippen LogP contribution in [0.2, 0.25) is 5.02 Å². The van der Waals surface area contributed by atoms with Gasteiger partial charge in [-0.05, 0) is 30.7 Å². The molecule has 1 aromatic heterocycles. The predicted molar refractivity (Wildman–Crippen MR) is 200 cm³/mol. The molecule has 1 N–H and O–H groups in total. The monoisotopic (exact) mass is 820 g/mol. The van der Waals surface area contributed by atoms with E-state index in [0.717, 1.165) is 46.8 Å². The summed E-state index contributed by atoms with van der Waals surface area (Å²) in [5.74, 6) is -2.15. The fourth-order valence-electron chi connectivity index (χ4n) is 6.16. The lowest BCUT2D eigenvalue weighted by Gasteiger charge is -2.44. The Kier molecular flexibility index (Phi) is 16.0. The van der Waals surface area contributed by atoms with E-state index in [2.05, 4.69) is 20.2 Å². The standard InChI is InChI=1S/C38H46ClFN4O13/c1-22(45)53-20-33-34(54-23(2)46)35(55-24(3)47)36(56-25(4)48)38(57-33)52-14-6-13-51-32-19-30-27(18-31(32)50-12-5-9-44-10-15-49-16-11-44)37(42-21-41-30)43-26-7-8-29(40)28(39)17-26/h7-8,17-19,21,33-36,38H,5-6,9-16,20H2,1-4H3,(H,41,42,43)/t33-,34-,35+,36-,38?/m1/s1. The maximum atomic E-state index is 13.8. The number of nitrogens with zero attached hydrogens (tertiary/aromatic N) is 3. The van der Waals surface area contributed by atoms with E-state index < -0.39 is 60.4 Å². The van der Waals surface area contributed by atoms with Gasteiger partial charge in [-0.2, -0.15) is 0 Å². The van der Waals surface area contributed by atoms with E-state index in [9.17, 15) is 23.6 Å². The Morgan fingerprint density at radius 3 is 2.19 bits per heavy atom. The van der Waals surface area contributed by atoms with Crippen molar-refractivity contribution in [3.63, 3.8) is 0 Å². The summed E-state index contributed by atoms with van der Waals surface area (Å²) in [6.45, 7) is 8.64. The Morgan fingerprint density at radius 1 is 0.842 bits per heavy atom. The summed E-state index contributed by atoms with van der Waals surface area (Å²) in [7, 11) is 0. The largest absolute Gasteiger partial charge is 0.490 e. The van der Waals surface area contributed by atoms with Crippen molar-refractivity contribution in [3.8, 4) is 11.5 Å². The fraction of sp³-hybridized carbons (Fsp3) is 0.526. The Morgan fingerprint density at radius 2 is 1.51 bits per heavy atom. The number of halogens is 2. The Hall–Kier alpha value is -4.88. The molecule has 310 valence electrons. The summed E-state index contributed by atoms with van der Waals surface area (Å²) in [5.41, 5.74) is 1.05. The fourth-order valence-corrected chi connectivity index (χ4v) is 6.34. The number of esters is 4. The average Bonchev–Trinajstić information content (AvgIpc) is 3.16. The highest BCUT2D eigenvalue weighted by atomic mass is 35.5. The molecule has 0 radical (unpaired) electrons. The zero-order valence-electron chi connectivity index (χ0n) is 32.0. The second-order valence-electron chi connectivity index (χ2n) is 13.1. The molecule has 3 heterocycles. The number of nitrogens with one attached hydrogen (secondary N) is 1. The molecule has 5 atom stereocenters. The van der Waals surface area contributed by atoms with Crippen molar-refractivity contribution in [1.82, 2.24) is 14.9 Å². The van der Waals surface area contributed by atoms with Gasteiger partial charge in [0.2, 0.25) is 0 Å². The van der Waals surface area contributed by atoms with Gasteiger partial charge in [0.05, 0.1) is 43.6 Å². The molecule has 3 aromatic rings. The third-order valence-electron chi connectivity index (χ3n) is 8.64. The molecule has 2 aliphatic rings. The van der Waals surface area contributed by atoms with Gasteiger partial charge in [-0.1, -0.05) is 11.6 Å². The quantitative estimate of drug-likeness (QED) is 0.109. The van der Waals surface area contributed by atoms with Crippen molar-refractivity contribution in [2.45, 2.75) is 71.2 Å². The number of ether oxygens (including phenoxy) is 9. The van der Waals surface area contributed by atoms with Crippen LogP contribution in [0.3, 0.4) is 0 Å². The zero-order chi connectivity index (χ0) is 40.9. The number of rotatable bonds is 18. The molecule has 5 rings (SSSR count). The van der Waals surface area contributed by atoms with Crippen LogP contribution in [0.1, 0.15) is 40.5 Å². The van der Waals surface area contributed by atoms with Crippen LogP contribution < -0.4 is 14.8 Å². The maximum absolute atomic E-state index is 13.8. The number of carbonyl (C=O) groups is 4. The van der Waals surface area contributed by atoms with E-state index in [1.165, 1.54) is 25.4 Å². The predicted octanol–water partition coefficient (Wildman–Crippen LogP) is 4.14. The van der Waals surface area contributed by atoms with Gasteiger partial charge in [0, 0.05) is 70.9 Å². The first-order valence-corrected chi connectivity index (χ1v) is 18.7. The lowest BCUT2D eigenvalue weighted by atomic mass is 9.98. The first-order valence-electron chi connectivity index (χ1n) is 18.4. The molecule has 0 aliphatic carbocycles. The molecule has 19 heteroatoms. The molecular weight excluding hydrogens is 775 g/mol. The Balaban J connectivity index is 1.30. The molecular formula is C38H46ClFN4O13. The van der Waals surface area contributed by atoms with Gasteiger partial charge in [0.15, 0.2) is 36.1 Å². The average molecular weight is 821 g/mol. The van der Waals surface area contributed by atoms with Crippen LogP contribution in [0.15, 0.2) is 36.7 Å². The van der Waals surface area contributed by atoms with Crippen LogP contribution in [0.25, 0.3) is 10.9 Å². The molecule has 0 saturated carbocycles. The van der Waals surface area contributed by atoms with Crippen LogP contribution in [-0.4, -0.2) is 129 Å². The summed E-state index contributed by atoms with van der Waals surface area (Å²) >= 11 is 6.01. The van der Waals surface area contributed by atoms with E-state index in [4.69, 9.17) is 54.2 Å². The summed E-state index contributed by atoms with van der Waals surface area (Å²) < 4.78 is 65.2. The Bertz CT molecular complexity index is 1870. The number of hydrogen-bond donors (Lipinski definition) is 1. The highest BCUT2D eigenvalue weighted by Crippen LogP contribution is 2.36. The topological polar surface area (TPSA) is 192 Å². The number of fused-ring (bicyclic) bond motifs is 1. The van der Waals surface area contributed by atoms with Crippen LogP contribution in [0.5, 0.6) is 11.5 Å². The number of aromatic nitrogens is 2. The van der Waals surface area contributed by atoms with Gasteiger partial charge in [0.25, 0.3) is 0 Å². The highest BCUT2D eigenvalue weighted by molar-refractivity contribution is 6.31. The third-order valence-corrected chi connectivity index (χ3v) is 8.93. The van der Waals surface area contributed by atoms with Gasteiger partial charge in [-0.15, -0.1) is 0 Å². The van der Waals surface area contributed by atoms with Crippen LogP contribution in [-0.2, 0) is 52.3 Å². The zero-order valence-corrected chi connectivity index (χ0v) is 32.8.